The van der Waals surface area contributed by atoms with E-state index in [9.17, 15) is 4.79 Å². The number of unbranched alkanes of at least 4 members (excludes halogenated alkanes) is 10. The number of methoxy groups -OCH3 is 1. The Bertz CT molecular complexity index is 608. The van der Waals surface area contributed by atoms with Gasteiger partial charge in [-0.25, -0.2) is 0 Å². The van der Waals surface area contributed by atoms with Crippen LogP contribution in [0.1, 0.15) is 96.0 Å². The minimum Gasteiger partial charge on any atom is -0.497 e. The minimum atomic E-state index is 0.247. The molecule has 156 valence electrons. The first kappa shape index (κ1) is 22.5. The second-order valence-electron chi connectivity index (χ2n) is 8.00. The van der Waals surface area contributed by atoms with Crippen LogP contribution in [-0.4, -0.2) is 17.9 Å². The highest BCUT2D eigenvalue weighted by atomic mass is 16.5. The average Bonchev–Trinajstić information content (AvgIpc) is 3.06. The molecule has 1 heterocycles. The van der Waals surface area contributed by atoms with Crippen LogP contribution in [0.4, 0.5) is 0 Å². The molecule has 1 aromatic rings. The molecule has 1 fully saturated rings. The Morgan fingerprint density at radius 1 is 0.964 bits per heavy atom. The van der Waals surface area contributed by atoms with Crippen LogP contribution in [0.25, 0.3) is 0 Å². The smallest absolute Gasteiger partial charge is 0.227 e. The van der Waals surface area contributed by atoms with Crippen LogP contribution < -0.4 is 4.74 Å². The third kappa shape index (κ3) is 8.08. The zero-order valence-corrected chi connectivity index (χ0v) is 18.0. The van der Waals surface area contributed by atoms with Crippen molar-refractivity contribution >= 4 is 5.91 Å². The summed E-state index contributed by atoms with van der Waals surface area (Å²) in [7, 11) is 1.68. The largest absolute Gasteiger partial charge is 0.497 e. The molecule has 1 aliphatic heterocycles. The van der Waals surface area contributed by atoms with Gasteiger partial charge in [-0.1, -0.05) is 82.9 Å². The topological polar surface area (TPSA) is 29.5 Å². The van der Waals surface area contributed by atoms with Gasteiger partial charge < -0.3 is 9.64 Å². The fourth-order valence-electron chi connectivity index (χ4n) is 3.92. The standard InChI is InChI=1S/C25H39NO2/c1-3-4-5-6-7-8-9-10-11-12-13-16-23-18-19-25(27)26(23)21-22-15-14-17-24(20-22)28-2/h14-17,20H,3-13,18-19,21H2,1-2H3/b23-16-. The first-order chi connectivity index (χ1) is 13.7. The predicted molar refractivity (Wildman–Crippen MR) is 117 cm³/mol. The van der Waals surface area contributed by atoms with Crippen LogP contribution in [0.2, 0.25) is 0 Å². The normalized spacial score (nSPS) is 15.6. The summed E-state index contributed by atoms with van der Waals surface area (Å²) in [5, 5.41) is 0. The summed E-state index contributed by atoms with van der Waals surface area (Å²) >= 11 is 0. The van der Waals surface area contributed by atoms with Gasteiger partial charge in [-0.15, -0.1) is 0 Å². The molecular formula is C25H39NO2. The van der Waals surface area contributed by atoms with Gasteiger partial charge in [-0.3, -0.25) is 4.79 Å². The molecular weight excluding hydrogens is 346 g/mol. The lowest BCUT2D eigenvalue weighted by Crippen LogP contribution is -2.22. The number of benzene rings is 1. The lowest BCUT2D eigenvalue weighted by atomic mass is 10.1. The maximum absolute atomic E-state index is 12.3. The quantitative estimate of drug-likeness (QED) is 0.322. The zero-order valence-electron chi connectivity index (χ0n) is 18.0. The number of carbonyl (C=O) groups excluding carboxylic acids is 1. The third-order valence-electron chi connectivity index (χ3n) is 5.66. The molecule has 0 saturated carbocycles. The molecule has 0 radical (unpaired) electrons. The lowest BCUT2D eigenvalue weighted by molar-refractivity contribution is -0.127. The number of allylic oxidation sites excluding steroid dienone is 2. The Labute approximate surface area is 172 Å². The van der Waals surface area contributed by atoms with Crippen molar-refractivity contribution < 1.29 is 9.53 Å². The molecule has 3 heteroatoms. The van der Waals surface area contributed by atoms with Crippen molar-refractivity contribution in [1.82, 2.24) is 4.90 Å². The minimum absolute atomic E-state index is 0.247. The number of hydrogen-bond acceptors (Lipinski definition) is 2. The first-order valence-corrected chi connectivity index (χ1v) is 11.4. The van der Waals surface area contributed by atoms with E-state index in [0.717, 1.165) is 24.2 Å². The molecule has 3 nitrogen and oxygen atoms in total. The summed E-state index contributed by atoms with van der Waals surface area (Å²) in [6.45, 7) is 2.93. The Morgan fingerprint density at radius 2 is 1.64 bits per heavy atom. The SMILES string of the molecule is CCCCCCCCCCCC/C=C1/CCC(=O)N1Cc1cccc(OC)c1. The molecule has 1 aliphatic rings. The highest BCUT2D eigenvalue weighted by Crippen LogP contribution is 2.26. The van der Waals surface area contributed by atoms with Crippen molar-refractivity contribution in [1.29, 1.82) is 0 Å². The van der Waals surface area contributed by atoms with Crippen molar-refractivity contribution in [3.05, 3.63) is 41.6 Å². The number of carbonyl (C=O) groups is 1. The van der Waals surface area contributed by atoms with Gasteiger partial charge in [0, 0.05) is 12.1 Å². The summed E-state index contributed by atoms with van der Waals surface area (Å²) < 4.78 is 5.30. The van der Waals surface area contributed by atoms with Crippen LogP contribution in [0.5, 0.6) is 5.75 Å². The van der Waals surface area contributed by atoms with Crippen molar-refractivity contribution in [3.63, 3.8) is 0 Å². The van der Waals surface area contributed by atoms with Gasteiger partial charge in [0.05, 0.1) is 13.7 Å². The van der Waals surface area contributed by atoms with Crippen molar-refractivity contribution in [2.45, 2.75) is 96.9 Å². The summed E-state index contributed by atoms with van der Waals surface area (Å²) in [5.74, 6) is 1.09. The number of nitrogens with zero attached hydrogens (tertiary/aromatic N) is 1. The molecule has 0 unspecified atom stereocenters. The van der Waals surface area contributed by atoms with Gasteiger partial charge in [0.2, 0.25) is 5.91 Å². The third-order valence-corrected chi connectivity index (χ3v) is 5.66. The van der Waals surface area contributed by atoms with E-state index < -0.39 is 0 Å². The predicted octanol–water partition coefficient (Wildman–Crippen LogP) is 7.01. The molecule has 0 bridgehead atoms. The number of rotatable bonds is 14. The van der Waals surface area contributed by atoms with E-state index in [1.54, 1.807) is 7.11 Å². The Morgan fingerprint density at radius 3 is 2.32 bits per heavy atom. The molecule has 0 N–H and O–H groups in total. The average molecular weight is 386 g/mol. The summed E-state index contributed by atoms with van der Waals surface area (Å²) in [4.78, 5) is 14.3. The van der Waals surface area contributed by atoms with Gasteiger partial charge in [0.1, 0.15) is 5.75 Å². The van der Waals surface area contributed by atoms with Gasteiger partial charge >= 0.3 is 0 Å². The van der Waals surface area contributed by atoms with E-state index in [0.29, 0.717) is 13.0 Å². The molecule has 1 saturated heterocycles. The maximum atomic E-state index is 12.3. The fraction of sp³-hybridized carbons (Fsp3) is 0.640. The van der Waals surface area contributed by atoms with Crippen LogP contribution in [0.15, 0.2) is 36.0 Å². The van der Waals surface area contributed by atoms with E-state index in [2.05, 4.69) is 19.1 Å². The van der Waals surface area contributed by atoms with E-state index in [1.807, 2.05) is 23.1 Å². The second kappa shape index (κ2) is 13.4. The second-order valence-corrected chi connectivity index (χ2v) is 8.00. The Kier molecular flexibility index (Phi) is 10.8. The van der Waals surface area contributed by atoms with Gasteiger partial charge in [0.25, 0.3) is 0 Å². The number of hydrogen-bond donors (Lipinski definition) is 0. The monoisotopic (exact) mass is 385 g/mol. The summed E-state index contributed by atoms with van der Waals surface area (Å²) in [6.07, 6.45) is 18.6. The molecule has 0 atom stereocenters. The van der Waals surface area contributed by atoms with Crippen molar-refractivity contribution in [3.8, 4) is 5.75 Å². The first-order valence-electron chi connectivity index (χ1n) is 11.4. The highest BCUT2D eigenvalue weighted by molar-refractivity contribution is 5.81. The maximum Gasteiger partial charge on any atom is 0.227 e. The number of likely N-dealkylation sites (tertiary alicyclic amines) is 1. The van der Waals surface area contributed by atoms with E-state index in [-0.39, 0.29) is 5.91 Å². The van der Waals surface area contributed by atoms with E-state index in [4.69, 9.17) is 4.74 Å². The highest BCUT2D eigenvalue weighted by Gasteiger charge is 2.25. The number of amides is 1. The Balaban J connectivity index is 1.65. The molecule has 0 spiro atoms. The van der Waals surface area contributed by atoms with Crippen LogP contribution in [0, 0.1) is 0 Å². The van der Waals surface area contributed by atoms with Crippen LogP contribution in [0.3, 0.4) is 0 Å². The Hall–Kier alpha value is -1.77. The van der Waals surface area contributed by atoms with Crippen LogP contribution >= 0.6 is 0 Å². The van der Waals surface area contributed by atoms with Crippen molar-refractivity contribution in [2.75, 3.05) is 7.11 Å². The zero-order chi connectivity index (χ0) is 20.0. The summed E-state index contributed by atoms with van der Waals surface area (Å²) in [6, 6.07) is 8.01. The molecule has 2 rings (SSSR count). The number of ether oxygens (including phenoxy) is 1. The molecule has 1 amide bonds. The molecule has 0 aliphatic carbocycles. The molecule has 28 heavy (non-hydrogen) atoms. The fourth-order valence-corrected chi connectivity index (χ4v) is 3.92. The van der Waals surface area contributed by atoms with Crippen molar-refractivity contribution in [2.24, 2.45) is 0 Å². The molecule has 1 aromatic carbocycles. The summed E-state index contributed by atoms with van der Waals surface area (Å²) in [5.41, 5.74) is 2.34. The van der Waals surface area contributed by atoms with E-state index in [1.165, 1.54) is 69.9 Å². The van der Waals surface area contributed by atoms with E-state index >= 15 is 0 Å². The van der Waals surface area contributed by atoms with Gasteiger partial charge in [-0.2, -0.15) is 0 Å². The van der Waals surface area contributed by atoms with Gasteiger partial charge in [0.15, 0.2) is 0 Å². The van der Waals surface area contributed by atoms with Gasteiger partial charge in [-0.05, 0) is 37.0 Å². The lowest BCUT2D eigenvalue weighted by Gasteiger charge is -2.19. The van der Waals surface area contributed by atoms with Crippen LogP contribution in [-0.2, 0) is 11.3 Å². The molecule has 0 aromatic heterocycles.